The second-order valence-electron chi connectivity index (χ2n) is 4.97. The topological polar surface area (TPSA) is 32.5 Å². The normalized spacial score (nSPS) is 17.6. The SMILES string of the molecule is CC.CN(C)C1CCN(SF)C1.Cc1c(Cl)cc(N)cc1Cl. The Labute approximate surface area is 148 Å². The van der Waals surface area contributed by atoms with Gasteiger partial charge in [-0.3, -0.25) is 0 Å². The lowest BCUT2D eigenvalue weighted by Gasteiger charge is -2.17. The van der Waals surface area contributed by atoms with Gasteiger partial charge in [0.2, 0.25) is 0 Å². The van der Waals surface area contributed by atoms with Gasteiger partial charge in [-0.25, -0.2) is 4.31 Å². The van der Waals surface area contributed by atoms with Gasteiger partial charge in [-0.2, -0.15) is 0 Å². The molecule has 1 fully saturated rings. The molecule has 3 nitrogen and oxygen atoms in total. The van der Waals surface area contributed by atoms with E-state index in [9.17, 15) is 3.89 Å². The zero-order valence-electron chi connectivity index (χ0n) is 13.9. The van der Waals surface area contributed by atoms with Gasteiger partial charge in [0.05, 0.1) is 0 Å². The Bertz CT molecular complexity index is 424. The van der Waals surface area contributed by atoms with E-state index in [4.69, 9.17) is 28.9 Å². The first-order chi connectivity index (χ1) is 10.3. The Balaban J connectivity index is 0.000000360. The molecule has 0 bridgehead atoms. The van der Waals surface area contributed by atoms with Gasteiger partial charge < -0.3 is 10.6 Å². The van der Waals surface area contributed by atoms with Crippen LogP contribution in [0, 0.1) is 6.92 Å². The largest absolute Gasteiger partial charge is 0.399 e. The van der Waals surface area contributed by atoms with Crippen LogP contribution >= 0.6 is 35.5 Å². The predicted octanol–water partition coefficient (Wildman–Crippen LogP) is 5.07. The van der Waals surface area contributed by atoms with E-state index in [0.717, 1.165) is 25.1 Å². The lowest BCUT2D eigenvalue weighted by Crippen LogP contribution is -2.29. The number of halogens is 3. The molecule has 1 aromatic carbocycles. The van der Waals surface area contributed by atoms with E-state index >= 15 is 0 Å². The van der Waals surface area contributed by atoms with Crippen LogP contribution in [0.2, 0.25) is 10.0 Å². The lowest BCUT2D eigenvalue weighted by atomic mass is 10.2. The van der Waals surface area contributed by atoms with Gasteiger partial charge in [0.1, 0.15) is 12.3 Å². The highest BCUT2D eigenvalue weighted by atomic mass is 35.5. The molecule has 1 saturated heterocycles. The molecular formula is C15H26Cl2FN3S. The molecular weight excluding hydrogens is 344 g/mol. The molecule has 1 atom stereocenters. The maximum absolute atomic E-state index is 12.0. The third-order valence-electron chi connectivity index (χ3n) is 3.26. The molecule has 1 aliphatic heterocycles. The maximum Gasteiger partial charge on any atom is 0.134 e. The molecule has 7 heteroatoms. The predicted molar refractivity (Wildman–Crippen MR) is 99.3 cm³/mol. The molecule has 0 radical (unpaired) electrons. The second-order valence-corrected chi connectivity index (χ2v) is 6.44. The fraction of sp³-hybridized carbons (Fsp3) is 0.600. The van der Waals surface area contributed by atoms with Crippen molar-refractivity contribution in [3.63, 3.8) is 0 Å². The van der Waals surface area contributed by atoms with Crippen molar-refractivity contribution in [2.45, 2.75) is 33.2 Å². The van der Waals surface area contributed by atoms with Crippen LogP contribution in [0.1, 0.15) is 25.8 Å². The van der Waals surface area contributed by atoms with E-state index in [1.165, 1.54) is 0 Å². The third-order valence-corrected chi connectivity index (χ3v) is 4.57. The van der Waals surface area contributed by atoms with Crippen LogP contribution in [0.15, 0.2) is 12.1 Å². The van der Waals surface area contributed by atoms with E-state index in [2.05, 4.69) is 4.90 Å². The summed E-state index contributed by atoms with van der Waals surface area (Å²) in [6.07, 6.45) is 1.09. The molecule has 22 heavy (non-hydrogen) atoms. The van der Waals surface area contributed by atoms with Crippen LogP contribution in [0.25, 0.3) is 0 Å². The number of hydrogen-bond donors (Lipinski definition) is 1. The van der Waals surface area contributed by atoms with Crippen molar-refractivity contribution in [2.24, 2.45) is 0 Å². The second kappa shape index (κ2) is 11.4. The number of rotatable bonds is 2. The van der Waals surface area contributed by atoms with Crippen LogP contribution in [0.3, 0.4) is 0 Å². The number of hydrogen-bond acceptors (Lipinski definition) is 4. The molecule has 1 heterocycles. The summed E-state index contributed by atoms with van der Waals surface area (Å²) in [5.41, 5.74) is 6.93. The Morgan fingerprint density at radius 3 is 2.09 bits per heavy atom. The van der Waals surface area contributed by atoms with Gasteiger partial charge in [-0.05, 0) is 45.1 Å². The molecule has 0 aliphatic carbocycles. The zero-order chi connectivity index (χ0) is 17.3. The molecule has 0 aromatic heterocycles. The molecule has 0 saturated carbocycles. The van der Waals surface area contributed by atoms with Crippen molar-refractivity contribution < 1.29 is 3.89 Å². The maximum atomic E-state index is 12.0. The average Bonchev–Trinajstić information content (AvgIpc) is 2.96. The highest BCUT2D eigenvalue weighted by molar-refractivity contribution is 7.91. The van der Waals surface area contributed by atoms with Crippen molar-refractivity contribution in [1.82, 2.24) is 9.21 Å². The first kappa shape index (κ1) is 21.8. The smallest absolute Gasteiger partial charge is 0.134 e. The summed E-state index contributed by atoms with van der Waals surface area (Å²) in [4.78, 5) is 2.15. The molecule has 2 rings (SSSR count). The van der Waals surface area contributed by atoms with Crippen LogP contribution < -0.4 is 5.73 Å². The van der Waals surface area contributed by atoms with Gasteiger partial charge in [-0.1, -0.05) is 37.0 Å². The number of nitrogens with zero attached hydrogens (tertiary/aromatic N) is 2. The Hall–Kier alpha value is -0.200. The van der Waals surface area contributed by atoms with E-state index < -0.39 is 0 Å². The van der Waals surface area contributed by atoms with Gasteiger partial charge in [0.25, 0.3) is 0 Å². The van der Waals surface area contributed by atoms with Crippen LogP contribution in [0.5, 0.6) is 0 Å². The van der Waals surface area contributed by atoms with E-state index in [1.54, 1.807) is 16.4 Å². The van der Waals surface area contributed by atoms with Gasteiger partial charge in [-0.15, -0.1) is 3.89 Å². The van der Waals surface area contributed by atoms with E-state index in [0.29, 0.717) is 34.1 Å². The molecule has 2 N–H and O–H groups in total. The summed E-state index contributed by atoms with van der Waals surface area (Å²) in [5, 5.41) is 1.23. The van der Waals surface area contributed by atoms with Gasteiger partial charge >= 0.3 is 0 Å². The van der Waals surface area contributed by atoms with Crippen molar-refractivity contribution in [3.05, 3.63) is 27.7 Å². The summed E-state index contributed by atoms with van der Waals surface area (Å²) in [7, 11) is 4.08. The minimum absolute atomic E-state index is 0.360. The van der Waals surface area contributed by atoms with Crippen LogP contribution in [-0.4, -0.2) is 42.4 Å². The van der Waals surface area contributed by atoms with Gasteiger partial charge in [0.15, 0.2) is 0 Å². The van der Waals surface area contributed by atoms with Crippen molar-refractivity contribution >= 4 is 41.2 Å². The first-order valence-electron chi connectivity index (χ1n) is 7.26. The quantitative estimate of drug-likeness (QED) is 0.582. The summed E-state index contributed by atoms with van der Waals surface area (Å²) < 4.78 is 13.7. The highest BCUT2D eigenvalue weighted by Gasteiger charge is 2.24. The summed E-state index contributed by atoms with van der Waals surface area (Å²) >= 11 is 11.9. The summed E-state index contributed by atoms with van der Waals surface area (Å²) in [6.45, 7) is 7.59. The lowest BCUT2D eigenvalue weighted by molar-refractivity contribution is 0.304. The standard InChI is InChI=1S/C7H7Cl2N.C6H13FN2S.C2H6/c1-4-6(8)2-5(10)3-7(4)9;1-8(2)6-3-4-9(5-6)10-7;1-2/h2-3H,10H2,1H3;6H,3-5H2,1-2H3;1-2H3. The number of anilines is 1. The summed E-state index contributed by atoms with van der Waals surface area (Å²) in [6, 6.07) is 3.91. The minimum Gasteiger partial charge on any atom is -0.399 e. The average molecular weight is 370 g/mol. The van der Waals surface area contributed by atoms with Crippen LogP contribution in [-0.2, 0) is 0 Å². The highest BCUT2D eigenvalue weighted by Crippen LogP contribution is 2.26. The molecule has 1 aromatic rings. The van der Waals surface area contributed by atoms with Gasteiger partial charge in [0, 0.05) is 34.9 Å². The minimum atomic E-state index is 0.360. The molecule has 1 unspecified atom stereocenters. The number of likely N-dealkylation sites (N-methyl/N-ethyl adjacent to an activating group) is 1. The zero-order valence-corrected chi connectivity index (χ0v) is 16.2. The fourth-order valence-electron chi connectivity index (χ4n) is 1.86. The van der Waals surface area contributed by atoms with Crippen molar-refractivity contribution in [1.29, 1.82) is 0 Å². The Morgan fingerprint density at radius 2 is 1.77 bits per heavy atom. The Kier molecular flexibility index (Phi) is 11.3. The molecule has 128 valence electrons. The Morgan fingerprint density at radius 1 is 1.27 bits per heavy atom. The first-order valence-corrected chi connectivity index (χ1v) is 8.69. The van der Waals surface area contributed by atoms with Crippen molar-refractivity contribution in [2.75, 3.05) is 32.9 Å². The summed E-state index contributed by atoms with van der Waals surface area (Å²) in [5.74, 6) is 0. The van der Waals surface area contributed by atoms with E-state index in [1.807, 2.05) is 34.9 Å². The number of nitrogens with two attached hydrogens (primary N) is 1. The monoisotopic (exact) mass is 369 g/mol. The number of nitrogen functional groups attached to an aromatic ring is 1. The molecule has 0 spiro atoms. The van der Waals surface area contributed by atoms with E-state index in [-0.39, 0.29) is 0 Å². The van der Waals surface area contributed by atoms with Crippen molar-refractivity contribution in [3.8, 4) is 0 Å². The molecule has 1 aliphatic rings. The fourth-order valence-corrected chi connectivity index (χ4v) is 2.77. The molecule has 0 amide bonds. The number of benzene rings is 1. The third kappa shape index (κ3) is 7.38. The van der Waals surface area contributed by atoms with Crippen LogP contribution in [0.4, 0.5) is 9.57 Å².